The van der Waals surface area contributed by atoms with E-state index in [1.165, 1.54) is 7.11 Å². The summed E-state index contributed by atoms with van der Waals surface area (Å²) in [6.07, 6.45) is 0. The molecule has 0 radical (unpaired) electrons. The van der Waals surface area contributed by atoms with Crippen molar-refractivity contribution in [3.8, 4) is 28.4 Å². The van der Waals surface area contributed by atoms with Gasteiger partial charge in [0.05, 0.1) is 25.9 Å². The molecule has 2 heterocycles. The fourth-order valence-corrected chi connectivity index (χ4v) is 4.13. The third-order valence-corrected chi connectivity index (χ3v) is 5.45. The number of carbonyl (C=O) groups excluding carboxylic acids is 1. The largest absolute Gasteiger partial charge is 0.496 e. The number of aliphatic hydroxyl groups is 2. The number of esters is 1. The summed E-state index contributed by atoms with van der Waals surface area (Å²) in [7, 11) is 1.52. The summed E-state index contributed by atoms with van der Waals surface area (Å²) < 4.78 is 21.9. The van der Waals surface area contributed by atoms with Crippen molar-refractivity contribution in [2.45, 2.75) is 19.8 Å². The SMILES string of the molecule is COc1c(CO)c(CO)cc2cc3c(c(-c4ccc5c(c4)OCO5)c12)COC3=O. The van der Waals surface area contributed by atoms with Crippen LogP contribution in [0.4, 0.5) is 0 Å². The lowest BCUT2D eigenvalue weighted by Crippen LogP contribution is -2.03. The van der Waals surface area contributed by atoms with E-state index < -0.39 is 0 Å². The van der Waals surface area contributed by atoms with Crippen molar-refractivity contribution in [2.24, 2.45) is 0 Å². The lowest BCUT2D eigenvalue weighted by Gasteiger charge is -2.19. The molecule has 0 saturated heterocycles. The van der Waals surface area contributed by atoms with E-state index in [1.807, 2.05) is 18.2 Å². The maximum Gasteiger partial charge on any atom is 0.338 e. The Morgan fingerprint density at radius 1 is 1.03 bits per heavy atom. The molecule has 3 aromatic rings. The van der Waals surface area contributed by atoms with Crippen LogP contribution in [0.15, 0.2) is 30.3 Å². The number of aliphatic hydroxyl groups excluding tert-OH is 2. The summed E-state index contributed by atoms with van der Waals surface area (Å²) >= 11 is 0. The molecule has 5 rings (SSSR count). The topological polar surface area (TPSA) is 94.5 Å². The first kappa shape index (κ1) is 17.8. The number of cyclic esters (lactones) is 1. The van der Waals surface area contributed by atoms with Crippen LogP contribution in [0.1, 0.15) is 27.0 Å². The van der Waals surface area contributed by atoms with Crippen molar-refractivity contribution in [3.63, 3.8) is 0 Å². The number of carbonyl (C=O) groups is 1. The molecule has 0 saturated carbocycles. The summed E-state index contributed by atoms with van der Waals surface area (Å²) in [4.78, 5) is 12.3. The highest BCUT2D eigenvalue weighted by Gasteiger charge is 2.30. The Balaban J connectivity index is 1.92. The fourth-order valence-electron chi connectivity index (χ4n) is 4.13. The van der Waals surface area contributed by atoms with Crippen LogP contribution in [0.5, 0.6) is 17.2 Å². The minimum absolute atomic E-state index is 0.146. The van der Waals surface area contributed by atoms with Crippen molar-refractivity contribution in [3.05, 3.63) is 52.6 Å². The number of ether oxygens (including phenoxy) is 4. The van der Waals surface area contributed by atoms with E-state index >= 15 is 0 Å². The Morgan fingerprint density at radius 2 is 1.86 bits per heavy atom. The quantitative estimate of drug-likeness (QED) is 0.657. The number of hydrogen-bond acceptors (Lipinski definition) is 7. The first-order valence-electron chi connectivity index (χ1n) is 9.13. The van der Waals surface area contributed by atoms with Gasteiger partial charge in [0.1, 0.15) is 12.4 Å². The standard InChI is InChI=1S/C22H18O7/c1-26-21-15(8-24)13(7-23)4-12-5-14-16(9-27-22(14)25)19(20(12)21)11-2-3-17-18(6-11)29-10-28-17/h2-6,23-24H,7-10H2,1H3. The van der Waals surface area contributed by atoms with E-state index in [-0.39, 0.29) is 32.6 Å². The van der Waals surface area contributed by atoms with Gasteiger partial charge in [-0.2, -0.15) is 0 Å². The first-order chi connectivity index (χ1) is 14.2. The average Bonchev–Trinajstić information content (AvgIpc) is 3.36. The Morgan fingerprint density at radius 3 is 2.62 bits per heavy atom. The van der Waals surface area contributed by atoms with E-state index in [4.69, 9.17) is 18.9 Å². The highest BCUT2D eigenvalue weighted by molar-refractivity contribution is 6.10. The molecule has 0 bridgehead atoms. The molecule has 2 aliphatic heterocycles. The van der Waals surface area contributed by atoms with Gasteiger partial charge in [0.2, 0.25) is 6.79 Å². The second-order valence-electron chi connectivity index (χ2n) is 6.88. The Bertz CT molecular complexity index is 1170. The molecule has 0 spiro atoms. The average molecular weight is 394 g/mol. The fraction of sp³-hybridized carbons (Fsp3) is 0.227. The molecule has 7 heteroatoms. The third kappa shape index (κ3) is 2.55. The molecule has 2 N–H and O–H groups in total. The maximum atomic E-state index is 12.3. The van der Waals surface area contributed by atoms with Gasteiger partial charge >= 0.3 is 5.97 Å². The molecule has 0 amide bonds. The lowest BCUT2D eigenvalue weighted by atomic mass is 9.87. The zero-order valence-corrected chi connectivity index (χ0v) is 15.7. The van der Waals surface area contributed by atoms with Crippen LogP contribution in [-0.2, 0) is 24.6 Å². The van der Waals surface area contributed by atoms with Crippen LogP contribution < -0.4 is 14.2 Å². The molecule has 0 atom stereocenters. The summed E-state index contributed by atoms with van der Waals surface area (Å²) in [6, 6.07) is 9.09. The minimum atomic E-state index is -0.389. The van der Waals surface area contributed by atoms with Crippen molar-refractivity contribution in [1.29, 1.82) is 0 Å². The van der Waals surface area contributed by atoms with Crippen LogP contribution >= 0.6 is 0 Å². The first-order valence-corrected chi connectivity index (χ1v) is 9.13. The molecule has 0 fully saturated rings. The summed E-state index contributed by atoms with van der Waals surface area (Å²) in [5, 5.41) is 21.2. The minimum Gasteiger partial charge on any atom is -0.496 e. The monoisotopic (exact) mass is 394 g/mol. The van der Waals surface area contributed by atoms with Gasteiger partial charge < -0.3 is 29.2 Å². The molecule has 29 heavy (non-hydrogen) atoms. The Kier molecular flexibility index (Phi) is 4.08. The number of rotatable bonds is 4. The second kappa shape index (κ2) is 6.65. The van der Waals surface area contributed by atoms with E-state index in [0.717, 1.165) is 22.1 Å². The molecule has 0 aromatic heterocycles. The molecular weight excluding hydrogens is 376 g/mol. The zero-order valence-electron chi connectivity index (χ0n) is 15.7. The third-order valence-electron chi connectivity index (χ3n) is 5.45. The maximum absolute atomic E-state index is 12.3. The van der Waals surface area contributed by atoms with E-state index in [2.05, 4.69) is 0 Å². The summed E-state index contributed by atoms with van der Waals surface area (Å²) in [5.41, 5.74) is 3.87. The van der Waals surface area contributed by atoms with Crippen LogP contribution in [0, 0.1) is 0 Å². The highest BCUT2D eigenvalue weighted by Crippen LogP contribution is 2.46. The van der Waals surface area contributed by atoms with Gasteiger partial charge in [-0.3, -0.25) is 0 Å². The van der Waals surface area contributed by atoms with E-state index in [1.54, 1.807) is 12.1 Å². The van der Waals surface area contributed by atoms with Gasteiger partial charge in [-0.05, 0) is 40.8 Å². The molecule has 7 nitrogen and oxygen atoms in total. The molecule has 148 valence electrons. The number of hydrogen-bond donors (Lipinski definition) is 2. The number of methoxy groups -OCH3 is 1. The number of fused-ring (bicyclic) bond motifs is 3. The van der Waals surface area contributed by atoms with Crippen molar-refractivity contribution in [1.82, 2.24) is 0 Å². The normalized spacial score (nSPS) is 14.2. The Hall–Kier alpha value is -3.29. The van der Waals surface area contributed by atoms with Gasteiger partial charge in [-0.15, -0.1) is 0 Å². The molecule has 0 unspecified atom stereocenters. The summed E-state index contributed by atoms with van der Waals surface area (Å²) in [5.74, 6) is 1.35. The molecule has 0 aliphatic carbocycles. The predicted octanol–water partition coefficient (Wildman–Crippen LogP) is 2.90. The van der Waals surface area contributed by atoms with Crippen molar-refractivity contribution < 1.29 is 34.0 Å². The number of benzene rings is 3. The zero-order chi connectivity index (χ0) is 20.1. The smallest absolute Gasteiger partial charge is 0.338 e. The predicted molar refractivity (Wildman–Crippen MR) is 103 cm³/mol. The van der Waals surface area contributed by atoms with Crippen LogP contribution in [0.3, 0.4) is 0 Å². The highest BCUT2D eigenvalue weighted by atomic mass is 16.7. The lowest BCUT2D eigenvalue weighted by molar-refractivity contribution is 0.0535. The van der Waals surface area contributed by atoms with Crippen LogP contribution in [0.2, 0.25) is 0 Å². The van der Waals surface area contributed by atoms with Gasteiger partial charge in [0.15, 0.2) is 11.5 Å². The van der Waals surface area contributed by atoms with Gasteiger partial charge in [-0.1, -0.05) is 6.07 Å². The molecule has 3 aromatic carbocycles. The van der Waals surface area contributed by atoms with Gasteiger partial charge in [0, 0.05) is 22.1 Å². The second-order valence-corrected chi connectivity index (χ2v) is 6.88. The molecular formula is C22H18O7. The van der Waals surface area contributed by atoms with Gasteiger partial charge in [-0.25, -0.2) is 4.79 Å². The van der Waals surface area contributed by atoms with Crippen LogP contribution in [0.25, 0.3) is 21.9 Å². The van der Waals surface area contributed by atoms with Crippen molar-refractivity contribution in [2.75, 3.05) is 13.9 Å². The van der Waals surface area contributed by atoms with Gasteiger partial charge in [0.25, 0.3) is 0 Å². The van der Waals surface area contributed by atoms with E-state index in [9.17, 15) is 15.0 Å². The summed E-state index contributed by atoms with van der Waals surface area (Å²) in [6.45, 7) is -0.246. The Labute approximate surface area is 166 Å². The van der Waals surface area contributed by atoms with Crippen LogP contribution in [-0.4, -0.2) is 30.1 Å². The molecule has 2 aliphatic rings. The van der Waals surface area contributed by atoms with E-state index in [0.29, 0.717) is 39.3 Å². The van der Waals surface area contributed by atoms with Crippen molar-refractivity contribution >= 4 is 16.7 Å².